The highest BCUT2D eigenvalue weighted by Gasteiger charge is 2.82. The molecular weight excluding hydrogens is 432 g/mol. The first-order chi connectivity index (χ1) is 14.7. The second kappa shape index (κ2) is 5.51. The molecule has 7 rings (SSSR count). The van der Waals surface area contributed by atoms with Gasteiger partial charge in [0, 0.05) is 5.92 Å². The van der Waals surface area contributed by atoms with Crippen molar-refractivity contribution in [3.63, 3.8) is 0 Å². The molecular formula is C28H19BrO. The van der Waals surface area contributed by atoms with Gasteiger partial charge in [-0.2, -0.15) is 0 Å². The topological polar surface area (TPSA) is 9.23 Å². The minimum absolute atomic E-state index is 0.193. The van der Waals surface area contributed by atoms with E-state index in [1.807, 2.05) is 0 Å². The fourth-order valence-corrected chi connectivity index (χ4v) is 7.83. The highest BCUT2D eigenvalue weighted by molar-refractivity contribution is 9.09. The summed E-state index contributed by atoms with van der Waals surface area (Å²) in [4.78, 5) is 0. The number of benzene rings is 4. The molecule has 0 spiro atoms. The van der Waals surface area contributed by atoms with Crippen LogP contribution in [-0.4, -0.2) is 0 Å². The summed E-state index contributed by atoms with van der Waals surface area (Å²) in [6.07, 6.45) is 0. The zero-order valence-corrected chi connectivity index (χ0v) is 17.8. The van der Waals surface area contributed by atoms with E-state index in [0.29, 0.717) is 0 Å². The highest BCUT2D eigenvalue weighted by atomic mass is 79.9. The summed E-state index contributed by atoms with van der Waals surface area (Å²) in [6, 6.07) is 39.1. The first kappa shape index (κ1) is 17.0. The summed E-state index contributed by atoms with van der Waals surface area (Å²) < 4.78 is 7.10. The zero-order valence-electron chi connectivity index (χ0n) is 16.3. The second-order valence-electron chi connectivity index (χ2n) is 8.53. The van der Waals surface area contributed by atoms with Crippen molar-refractivity contribution in [2.24, 2.45) is 0 Å². The van der Waals surface area contributed by atoms with Gasteiger partial charge in [0.2, 0.25) is 0 Å². The van der Waals surface area contributed by atoms with Crippen LogP contribution >= 0.6 is 15.9 Å². The van der Waals surface area contributed by atoms with Gasteiger partial charge in [-0.25, -0.2) is 0 Å². The average Bonchev–Trinajstić information content (AvgIpc) is 3.23. The summed E-state index contributed by atoms with van der Waals surface area (Å²) in [7, 11) is 0. The van der Waals surface area contributed by atoms with E-state index in [9.17, 15) is 0 Å². The number of ether oxygens (including phenoxy) is 1. The van der Waals surface area contributed by atoms with E-state index in [4.69, 9.17) is 4.74 Å². The Kier molecular flexibility index (Phi) is 3.13. The van der Waals surface area contributed by atoms with Crippen LogP contribution in [0.1, 0.15) is 39.3 Å². The summed E-state index contributed by atoms with van der Waals surface area (Å²) >= 11 is 4.32. The summed E-state index contributed by atoms with van der Waals surface area (Å²) in [5.74, 6) is 0.193. The van der Waals surface area contributed by atoms with E-state index in [0.717, 1.165) is 0 Å². The fraction of sp³-hybridized carbons (Fsp3) is 0.143. The lowest BCUT2D eigenvalue weighted by Gasteiger charge is -2.55. The highest BCUT2D eigenvalue weighted by Crippen LogP contribution is 2.83. The molecule has 1 aliphatic carbocycles. The first-order valence-corrected chi connectivity index (χ1v) is 11.2. The van der Waals surface area contributed by atoms with Crippen molar-refractivity contribution in [3.05, 3.63) is 143 Å². The molecule has 2 heteroatoms. The van der Waals surface area contributed by atoms with Gasteiger partial charge in [-0.05, 0) is 33.4 Å². The van der Waals surface area contributed by atoms with E-state index in [2.05, 4.69) is 125 Å². The van der Waals surface area contributed by atoms with Gasteiger partial charge >= 0.3 is 0 Å². The largest absolute Gasteiger partial charge is 0.347 e. The van der Waals surface area contributed by atoms with Crippen LogP contribution in [0.3, 0.4) is 0 Å². The standard InChI is InChI=1S/C28H19BrO/c29-27-22-16-8-7-15-21(22)25(27)26(19-11-3-1-4-12-19)23-17-9-10-18-24(23)28(27,30-26)20-13-5-2-6-14-20/h1-18,25H/t25-,26-,27-,28-/m0/s1. The predicted molar refractivity (Wildman–Crippen MR) is 122 cm³/mol. The van der Waals surface area contributed by atoms with Crippen LogP contribution in [0.5, 0.6) is 0 Å². The van der Waals surface area contributed by atoms with E-state index in [1.165, 1.54) is 33.4 Å². The van der Waals surface area contributed by atoms with Gasteiger partial charge in [-0.1, -0.05) is 125 Å². The van der Waals surface area contributed by atoms with E-state index >= 15 is 0 Å². The van der Waals surface area contributed by atoms with Gasteiger partial charge in [0.15, 0.2) is 0 Å². The van der Waals surface area contributed by atoms with Gasteiger partial charge < -0.3 is 4.74 Å². The Balaban J connectivity index is 1.66. The van der Waals surface area contributed by atoms with Crippen LogP contribution in [0.4, 0.5) is 0 Å². The predicted octanol–water partition coefficient (Wildman–Crippen LogP) is 6.61. The summed E-state index contributed by atoms with van der Waals surface area (Å²) in [5.41, 5.74) is 6.58. The van der Waals surface area contributed by atoms with Crippen molar-refractivity contribution >= 4 is 15.9 Å². The van der Waals surface area contributed by atoms with Crippen LogP contribution in [0.2, 0.25) is 0 Å². The lowest BCUT2D eigenvalue weighted by molar-refractivity contribution is -0.0472. The van der Waals surface area contributed by atoms with Crippen molar-refractivity contribution in [3.8, 4) is 0 Å². The maximum Gasteiger partial charge on any atom is 0.140 e. The maximum atomic E-state index is 7.42. The van der Waals surface area contributed by atoms with Gasteiger partial charge in [-0.15, -0.1) is 0 Å². The Morgan fingerprint density at radius 2 is 1.10 bits per heavy atom. The minimum Gasteiger partial charge on any atom is -0.347 e. The van der Waals surface area contributed by atoms with Crippen LogP contribution in [-0.2, 0) is 20.3 Å². The molecule has 0 N–H and O–H groups in total. The summed E-state index contributed by atoms with van der Waals surface area (Å²) in [5, 5.41) is 0. The zero-order chi connectivity index (χ0) is 20.0. The molecule has 4 aromatic carbocycles. The van der Waals surface area contributed by atoms with Crippen molar-refractivity contribution in [1.29, 1.82) is 0 Å². The number of rotatable bonds is 2. The third-order valence-corrected chi connectivity index (χ3v) is 8.83. The Bertz CT molecular complexity index is 1300. The molecule has 1 saturated heterocycles. The molecule has 2 aliphatic heterocycles. The van der Waals surface area contributed by atoms with E-state index < -0.39 is 11.2 Å². The lowest BCUT2D eigenvalue weighted by atomic mass is 9.50. The molecule has 0 amide bonds. The lowest BCUT2D eigenvalue weighted by Crippen LogP contribution is -2.54. The molecule has 2 heterocycles. The number of hydrogen-bond donors (Lipinski definition) is 0. The number of hydrogen-bond acceptors (Lipinski definition) is 1. The minimum atomic E-state index is -0.584. The number of halogens is 1. The molecule has 4 aromatic rings. The summed E-state index contributed by atoms with van der Waals surface area (Å²) in [6.45, 7) is 0. The third kappa shape index (κ3) is 1.61. The van der Waals surface area contributed by atoms with E-state index in [1.54, 1.807) is 0 Å². The molecule has 0 aromatic heterocycles. The SMILES string of the molecule is Br[C@@]12c3ccccc3[C@H]1[C@@]1(c3ccccc3)O[C@@]2(c2ccccc2)c2ccccc21. The fourth-order valence-electron chi connectivity index (χ4n) is 6.38. The molecule has 1 fully saturated rings. The van der Waals surface area contributed by atoms with Crippen LogP contribution < -0.4 is 0 Å². The van der Waals surface area contributed by atoms with Gasteiger partial charge in [0.1, 0.15) is 11.2 Å². The van der Waals surface area contributed by atoms with Crippen molar-refractivity contribution in [2.45, 2.75) is 21.4 Å². The number of fused-ring (bicyclic) bond motifs is 11. The molecule has 0 saturated carbocycles. The smallest absolute Gasteiger partial charge is 0.140 e. The maximum absolute atomic E-state index is 7.42. The Morgan fingerprint density at radius 1 is 0.567 bits per heavy atom. The van der Waals surface area contributed by atoms with E-state index in [-0.39, 0.29) is 10.2 Å². The van der Waals surface area contributed by atoms with Gasteiger partial charge in [0.05, 0.1) is 4.32 Å². The normalized spacial score (nSPS) is 32.1. The third-order valence-electron chi connectivity index (χ3n) is 7.38. The molecule has 1 nitrogen and oxygen atoms in total. The molecule has 30 heavy (non-hydrogen) atoms. The molecule has 0 unspecified atom stereocenters. The van der Waals surface area contributed by atoms with Crippen LogP contribution in [0.25, 0.3) is 0 Å². The van der Waals surface area contributed by atoms with Crippen LogP contribution in [0.15, 0.2) is 109 Å². The molecule has 0 radical (unpaired) electrons. The number of alkyl halides is 1. The van der Waals surface area contributed by atoms with Crippen molar-refractivity contribution < 1.29 is 4.74 Å². The van der Waals surface area contributed by atoms with Crippen molar-refractivity contribution in [2.75, 3.05) is 0 Å². The molecule has 144 valence electrons. The quantitative estimate of drug-likeness (QED) is 0.312. The monoisotopic (exact) mass is 450 g/mol. The Morgan fingerprint density at radius 3 is 1.80 bits per heavy atom. The second-order valence-corrected chi connectivity index (χ2v) is 9.78. The average molecular weight is 451 g/mol. The molecule has 3 aliphatic rings. The van der Waals surface area contributed by atoms with Gasteiger partial charge in [-0.3, -0.25) is 0 Å². The van der Waals surface area contributed by atoms with Gasteiger partial charge in [0.25, 0.3) is 0 Å². The Hall–Kier alpha value is -2.68. The molecule has 2 bridgehead atoms. The van der Waals surface area contributed by atoms with Crippen molar-refractivity contribution in [1.82, 2.24) is 0 Å². The molecule has 4 atom stereocenters. The Labute approximate surface area is 184 Å². The van der Waals surface area contributed by atoms with Crippen LogP contribution in [0, 0.1) is 0 Å². The first-order valence-electron chi connectivity index (χ1n) is 10.4.